The molecule has 3 rings (SSSR count). The van der Waals surface area contributed by atoms with Crippen LogP contribution < -0.4 is 4.90 Å². The lowest BCUT2D eigenvalue weighted by Gasteiger charge is -2.28. The third kappa shape index (κ3) is 1.67. The molecule has 2 aliphatic heterocycles. The Balaban J connectivity index is 1.98. The van der Waals surface area contributed by atoms with E-state index in [0.29, 0.717) is 0 Å². The van der Waals surface area contributed by atoms with Crippen molar-refractivity contribution in [1.82, 2.24) is 14.9 Å². The van der Waals surface area contributed by atoms with Crippen LogP contribution in [-0.4, -0.2) is 41.5 Å². The molecule has 0 amide bonds. The summed E-state index contributed by atoms with van der Waals surface area (Å²) >= 11 is 0. The zero-order valence-corrected chi connectivity index (χ0v) is 9.82. The normalized spacial score (nSPS) is 21.2. The number of hydrogen-bond donors (Lipinski definition) is 0. The Morgan fingerprint density at radius 3 is 2.75 bits per heavy atom. The van der Waals surface area contributed by atoms with Crippen molar-refractivity contribution in [2.75, 3.05) is 31.6 Å². The molecule has 0 radical (unpaired) electrons. The van der Waals surface area contributed by atoms with E-state index in [0.717, 1.165) is 32.6 Å². The van der Waals surface area contributed by atoms with E-state index < -0.39 is 0 Å². The molecule has 0 bridgehead atoms. The number of anilines is 1. The highest BCUT2D eigenvalue weighted by Crippen LogP contribution is 2.27. The minimum absolute atomic E-state index is 1.00. The summed E-state index contributed by atoms with van der Waals surface area (Å²) in [5.74, 6) is 1.19. The van der Waals surface area contributed by atoms with Crippen LogP contribution in [-0.2, 0) is 13.0 Å². The molecule has 0 spiro atoms. The SMILES string of the molecule is CN1CCc2ncnc(N3CCCC3)c2C1. The van der Waals surface area contributed by atoms with Crippen LogP contribution >= 0.6 is 0 Å². The fraction of sp³-hybridized carbons (Fsp3) is 0.667. The molecule has 0 unspecified atom stereocenters. The van der Waals surface area contributed by atoms with Crippen molar-refractivity contribution in [2.24, 2.45) is 0 Å². The van der Waals surface area contributed by atoms with Gasteiger partial charge in [0.1, 0.15) is 12.1 Å². The van der Waals surface area contributed by atoms with Crippen molar-refractivity contribution in [1.29, 1.82) is 0 Å². The maximum atomic E-state index is 4.50. The van der Waals surface area contributed by atoms with Crippen molar-refractivity contribution < 1.29 is 0 Å². The first-order valence-corrected chi connectivity index (χ1v) is 6.11. The third-order valence-electron chi connectivity index (χ3n) is 3.58. The molecule has 16 heavy (non-hydrogen) atoms. The van der Waals surface area contributed by atoms with Gasteiger partial charge in [-0.3, -0.25) is 0 Å². The fourth-order valence-electron chi connectivity index (χ4n) is 2.66. The second-order valence-corrected chi connectivity index (χ2v) is 4.80. The second-order valence-electron chi connectivity index (χ2n) is 4.80. The average Bonchev–Trinajstić information content (AvgIpc) is 2.81. The molecule has 3 heterocycles. The molecule has 0 aromatic carbocycles. The van der Waals surface area contributed by atoms with Crippen LogP contribution in [0.25, 0.3) is 0 Å². The van der Waals surface area contributed by atoms with Gasteiger partial charge < -0.3 is 9.80 Å². The zero-order valence-electron chi connectivity index (χ0n) is 9.82. The van der Waals surface area contributed by atoms with Gasteiger partial charge >= 0.3 is 0 Å². The van der Waals surface area contributed by atoms with Crippen LogP contribution in [0, 0.1) is 0 Å². The molecule has 1 saturated heterocycles. The van der Waals surface area contributed by atoms with Crippen molar-refractivity contribution in [3.63, 3.8) is 0 Å². The second kappa shape index (κ2) is 4.01. The van der Waals surface area contributed by atoms with Gasteiger partial charge in [-0.1, -0.05) is 0 Å². The summed E-state index contributed by atoms with van der Waals surface area (Å²) in [6.45, 7) is 4.44. The van der Waals surface area contributed by atoms with Gasteiger partial charge in [-0.25, -0.2) is 9.97 Å². The van der Waals surface area contributed by atoms with Gasteiger partial charge in [0.25, 0.3) is 0 Å². The average molecular weight is 218 g/mol. The Labute approximate surface area is 96.3 Å². The molecule has 1 aromatic rings. The molecular weight excluding hydrogens is 200 g/mol. The molecular formula is C12H18N4. The Hall–Kier alpha value is -1.16. The summed E-state index contributed by atoms with van der Waals surface area (Å²) in [4.78, 5) is 13.7. The van der Waals surface area contributed by atoms with Crippen LogP contribution in [0.2, 0.25) is 0 Å². The summed E-state index contributed by atoms with van der Waals surface area (Å²) < 4.78 is 0. The van der Waals surface area contributed by atoms with E-state index in [2.05, 4.69) is 26.8 Å². The standard InChI is InChI=1S/C12H18N4/c1-15-7-4-11-10(8-15)12(14-9-13-11)16-5-2-3-6-16/h9H,2-8H2,1H3. The molecule has 0 aliphatic carbocycles. The highest BCUT2D eigenvalue weighted by molar-refractivity contribution is 5.50. The van der Waals surface area contributed by atoms with Gasteiger partial charge in [-0.2, -0.15) is 0 Å². The van der Waals surface area contributed by atoms with E-state index >= 15 is 0 Å². The molecule has 1 fully saturated rings. The monoisotopic (exact) mass is 218 g/mol. The summed E-state index contributed by atoms with van der Waals surface area (Å²) in [6.07, 6.45) is 5.40. The number of fused-ring (bicyclic) bond motifs is 1. The van der Waals surface area contributed by atoms with E-state index in [1.807, 2.05) is 0 Å². The molecule has 0 N–H and O–H groups in total. The van der Waals surface area contributed by atoms with Crippen molar-refractivity contribution >= 4 is 5.82 Å². The number of rotatable bonds is 1. The van der Waals surface area contributed by atoms with Gasteiger partial charge in [-0.15, -0.1) is 0 Å². The molecule has 0 saturated carbocycles. The number of hydrogen-bond acceptors (Lipinski definition) is 4. The fourth-order valence-corrected chi connectivity index (χ4v) is 2.66. The molecule has 86 valence electrons. The van der Waals surface area contributed by atoms with Crippen LogP contribution in [0.5, 0.6) is 0 Å². The first-order chi connectivity index (χ1) is 7.84. The van der Waals surface area contributed by atoms with Crippen molar-refractivity contribution in [2.45, 2.75) is 25.8 Å². The maximum absolute atomic E-state index is 4.50. The maximum Gasteiger partial charge on any atom is 0.136 e. The Bertz CT molecular complexity index is 385. The van der Waals surface area contributed by atoms with Crippen molar-refractivity contribution in [3.05, 3.63) is 17.6 Å². The highest BCUT2D eigenvalue weighted by atomic mass is 15.2. The summed E-state index contributed by atoms with van der Waals surface area (Å²) in [6, 6.07) is 0. The zero-order chi connectivity index (χ0) is 11.0. The van der Waals surface area contributed by atoms with Crippen LogP contribution in [0.15, 0.2) is 6.33 Å². The van der Waals surface area contributed by atoms with Crippen LogP contribution in [0.4, 0.5) is 5.82 Å². The predicted molar refractivity (Wildman–Crippen MR) is 63.5 cm³/mol. The van der Waals surface area contributed by atoms with Gasteiger partial charge in [0.2, 0.25) is 0 Å². The van der Waals surface area contributed by atoms with Crippen LogP contribution in [0.1, 0.15) is 24.1 Å². The highest BCUT2D eigenvalue weighted by Gasteiger charge is 2.23. The molecule has 1 aromatic heterocycles. The minimum atomic E-state index is 1.00. The van der Waals surface area contributed by atoms with Gasteiger partial charge in [-0.05, 0) is 19.9 Å². The molecule has 0 atom stereocenters. The topological polar surface area (TPSA) is 32.3 Å². The smallest absolute Gasteiger partial charge is 0.136 e. The Morgan fingerprint density at radius 1 is 1.12 bits per heavy atom. The minimum Gasteiger partial charge on any atom is -0.356 e. The lowest BCUT2D eigenvalue weighted by molar-refractivity contribution is 0.309. The summed E-state index contributed by atoms with van der Waals surface area (Å²) in [5, 5.41) is 0. The number of likely N-dealkylation sites (N-methyl/N-ethyl adjacent to an activating group) is 1. The summed E-state index contributed by atoms with van der Waals surface area (Å²) in [7, 11) is 2.17. The molecule has 4 heteroatoms. The van der Waals surface area contributed by atoms with E-state index in [9.17, 15) is 0 Å². The van der Waals surface area contributed by atoms with E-state index in [4.69, 9.17) is 0 Å². The van der Waals surface area contributed by atoms with Gasteiger partial charge in [0.15, 0.2) is 0 Å². The first kappa shape index (κ1) is 10.0. The first-order valence-electron chi connectivity index (χ1n) is 6.11. The number of nitrogens with zero attached hydrogens (tertiary/aromatic N) is 4. The van der Waals surface area contributed by atoms with Crippen LogP contribution in [0.3, 0.4) is 0 Å². The lowest BCUT2D eigenvalue weighted by Crippen LogP contribution is -2.31. The molecule has 2 aliphatic rings. The Morgan fingerprint density at radius 2 is 1.94 bits per heavy atom. The predicted octanol–water partition coefficient (Wildman–Crippen LogP) is 1.06. The molecule has 4 nitrogen and oxygen atoms in total. The number of aromatic nitrogens is 2. The van der Waals surface area contributed by atoms with Gasteiger partial charge in [0, 0.05) is 38.2 Å². The summed E-state index contributed by atoms with van der Waals surface area (Å²) in [5.41, 5.74) is 2.62. The van der Waals surface area contributed by atoms with Gasteiger partial charge in [0.05, 0.1) is 5.69 Å². The largest absolute Gasteiger partial charge is 0.356 e. The van der Waals surface area contributed by atoms with E-state index in [1.165, 1.54) is 29.9 Å². The van der Waals surface area contributed by atoms with Crippen molar-refractivity contribution in [3.8, 4) is 0 Å². The Kier molecular flexibility index (Phi) is 2.52. The van der Waals surface area contributed by atoms with E-state index in [-0.39, 0.29) is 0 Å². The van der Waals surface area contributed by atoms with E-state index in [1.54, 1.807) is 6.33 Å². The third-order valence-corrected chi connectivity index (χ3v) is 3.58. The lowest BCUT2D eigenvalue weighted by atomic mass is 10.1. The quantitative estimate of drug-likeness (QED) is 0.705.